The molecule has 28 heavy (non-hydrogen) atoms. The highest BCUT2D eigenvalue weighted by Crippen LogP contribution is 2.29. The Hall–Kier alpha value is -2.99. The van der Waals surface area contributed by atoms with Gasteiger partial charge < -0.3 is 18.8 Å². The average molecular weight is 380 g/mol. The molecule has 2 aromatic carbocycles. The number of ether oxygens (including phenoxy) is 2. The Morgan fingerprint density at radius 3 is 2.43 bits per heavy atom. The van der Waals surface area contributed by atoms with Gasteiger partial charge in [-0.1, -0.05) is 18.2 Å². The molecule has 6 nitrogen and oxygen atoms in total. The highest BCUT2D eigenvalue weighted by atomic mass is 16.5. The lowest BCUT2D eigenvalue weighted by Gasteiger charge is -2.36. The number of methoxy groups -OCH3 is 2. The predicted molar refractivity (Wildman–Crippen MR) is 110 cm³/mol. The normalized spacial score (nSPS) is 15.0. The van der Waals surface area contributed by atoms with Gasteiger partial charge in [-0.25, -0.2) is 4.79 Å². The zero-order valence-corrected chi connectivity index (χ0v) is 16.2. The van der Waals surface area contributed by atoms with E-state index in [2.05, 4.69) is 15.9 Å². The Morgan fingerprint density at radius 1 is 0.929 bits per heavy atom. The highest BCUT2D eigenvalue weighted by Gasteiger charge is 2.20. The van der Waals surface area contributed by atoms with Crippen LogP contribution in [0, 0.1) is 0 Å². The summed E-state index contributed by atoms with van der Waals surface area (Å²) in [4.78, 5) is 16.4. The minimum atomic E-state index is -0.399. The van der Waals surface area contributed by atoms with E-state index in [4.69, 9.17) is 13.9 Å². The van der Waals surface area contributed by atoms with Crippen molar-refractivity contribution in [1.29, 1.82) is 0 Å². The van der Waals surface area contributed by atoms with Gasteiger partial charge in [0.2, 0.25) is 0 Å². The molecule has 0 saturated carbocycles. The van der Waals surface area contributed by atoms with E-state index in [0.29, 0.717) is 11.3 Å². The number of anilines is 1. The molecule has 146 valence electrons. The first kappa shape index (κ1) is 18.4. The quantitative estimate of drug-likeness (QED) is 0.634. The summed E-state index contributed by atoms with van der Waals surface area (Å²) in [5, 5.41) is 0.826. The van der Waals surface area contributed by atoms with Gasteiger partial charge in [-0.2, -0.15) is 0 Å². The lowest BCUT2D eigenvalue weighted by atomic mass is 10.1. The molecule has 1 aromatic heterocycles. The molecule has 1 fully saturated rings. The second-order valence-corrected chi connectivity index (χ2v) is 6.90. The van der Waals surface area contributed by atoms with E-state index in [1.807, 2.05) is 36.4 Å². The number of hydrogen-bond acceptors (Lipinski definition) is 6. The summed E-state index contributed by atoms with van der Waals surface area (Å²) in [6.45, 7) is 4.68. The van der Waals surface area contributed by atoms with Crippen LogP contribution in [0.3, 0.4) is 0 Å². The molecule has 1 aliphatic heterocycles. The molecule has 3 aromatic rings. The number of para-hydroxylation sites is 2. The van der Waals surface area contributed by atoms with Crippen LogP contribution in [0.1, 0.15) is 5.56 Å². The van der Waals surface area contributed by atoms with Crippen molar-refractivity contribution in [2.45, 2.75) is 6.54 Å². The Labute approximate surface area is 163 Å². The summed E-state index contributed by atoms with van der Waals surface area (Å²) in [5.41, 5.74) is 2.47. The second kappa shape index (κ2) is 7.94. The van der Waals surface area contributed by atoms with Crippen molar-refractivity contribution in [3.05, 3.63) is 64.5 Å². The molecule has 0 spiro atoms. The third-order valence-electron chi connectivity index (χ3n) is 5.19. The van der Waals surface area contributed by atoms with Crippen LogP contribution in [0.25, 0.3) is 11.0 Å². The van der Waals surface area contributed by atoms with E-state index in [1.54, 1.807) is 14.2 Å². The van der Waals surface area contributed by atoms with Crippen molar-refractivity contribution < 1.29 is 13.9 Å². The van der Waals surface area contributed by atoms with Crippen molar-refractivity contribution in [3.63, 3.8) is 0 Å². The van der Waals surface area contributed by atoms with Crippen LogP contribution in [-0.2, 0) is 6.54 Å². The fourth-order valence-corrected chi connectivity index (χ4v) is 3.74. The third kappa shape index (κ3) is 3.68. The van der Waals surface area contributed by atoms with E-state index in [0.717, 1.165) is 49.5 Å². The molecule has 0 atom stereocenters. The molecule has 0 aliphatic carbocycles. The van der Waals surface area contributed by atoms with Crippen molar-refractivity contribution in [2.75, 3.05) is 45.3 Å². The second-order valence-electron chi connectivity index (χ2n) is 6.90. The van der Waals surface area contributed by atoms with Gasteiger partial charge in [0, 0.05) is 32.7 Å². The van der Waals surface area contributed by atoms with Crippen molar-refractivity contribution in [2.24, 2.45) is 0 Å². The summed E-state index contributed by atoms with van der Waals surface area (Å²) in [7, 11) is 3.28. The minimum absolute atomic E-state index is 0.399. The van der Waals surface area contributed by atoms with Gasteiger partial charge in [-0.15, -0.1) is 0 Å². The van der Waals surface area contributed by atoms with E-state index >= 15 is 0 Å². The molecule has 1 aliphatic rings. The molecule has 0 unspecified atom stereocenters. The summed E-state index contributed by atoms with van der Waals surface area (Å²) < 4.78 is 16.1. The predicted octanol–water partition coefficient (Wildman–Crippen LogP) is 3.13. The third-order valence-corrected chi connectivity index (χ3v) is 5.19. The van der Waals surface area contributed by atoms with Crippen LogP contribution < -0.4 is 20.0 Å². The van der Waals surface area contributed by atoms with Crippen molar-refractivity contribution in [3.8, 4) is 11.5 Å². The monoisotopic (exact) mass is 380 g/mol. The number of benzene rings is 2. The first-order valence-corrected chi connectivity index (χ1v) is 9.39. The molecule has 0 N–H and O–H groups in total. The minimum Gasteiger partial charge on any atom is -0.496 e. The fraction of sp³-hybridized carbons (Fsp3) is 0.318. The van der Waals surface area contributed by atoms with Gasteiger partial charge in [-0.05, 0) is 29.8 Å². The topological polar surface area (TPSA) is 55.2 Å². The Morgan fingerprint density at radius 2 is 1.68 bits per heavy atom. The zero-order chi connectivity index (χ0) is 19.5. The van der Waals surface area contributed by atoms with E-state index in [9.17, 15) is 4.79 Å². The molecule has 1 saturated heterocycles. The van der Waals surface area contributed by atoms with Crippen molar-refractivity contribution >= 4 is 16.7 Å². The molecular formula is C22H24N2O4. The number of hydrogen-bond donors (Lipinski definition) is 0. The maximum atomic E-state index is 11.6. The number of piperazine rings is 1. The smallest absolute Gasteiger partial charge is 0.339 e. The Kier molecular flexibility index (Phi) is 5.21. The van der Waals surface area contributed by atoms with Gasteiger partial charge in [0.05, 0.1) is 31.4 Å². The Bertz CT molecular complexity index is 1020. The average Bonchev–Trinajstić information content (AvgIpc) is 2.74. The SMILES string of the molecule is COc1ccccc1N1CCN(Cc2ccc3oc(=O)cc(OC)c3c2)CC1. The van der Waals surface area contributed by atoms with Gasteiger partial charge in [0.15, 0.2) is 0 Å². The first-order valence-electron chi connectivity index (χ1n) is 9.39. The molecular weight excluding hydrogens is 356 g/mol. The Balaban J connectivity index is 1.46. The van der Waals surface area contributed by atoms with Crippen LogP contribution in [0.5, 0.6) is 11.5 Å². The van der Waals surface area contributed by atoms with E-state index in [-0.39, 0.29) is 0 Å². The molecule has 6 heteroatoms. The summed E-state index contributed by atoms with van der Waals surface area (Å²) in [6.07, 6.45) is 0. The molecule has 0 bridgehead atoms. The maximum absolute atomic E-state index is 11.6. The number of fused-ring (bicyclic) bond motifs is 1. The molecule has 0 amide bonds. The molecule has 4 rings (SSSR count). The standard InChI is InChI=1S/C22H24N2O4/c1-26-20-6-4-3-5-18(20)24-11-9-23(10-12-24)15-16-7-8-19-17(13-16)21(27-2)14-22(25)28-19/h3-8,13-14H,9-12,15H2,1-2H3. The highest BCUT2D eigenvalue weighted by molar-refractivity contribution is 5.83. The van der Waals surface area contributed by atoms with Crippen LogP contribution in [0.4, 0.5) is 5.69 Å². The largest absolute Gasteiger partial charge is 0.496 e. The fourth-order valence-electron chi connectivity index (χ4n) is 3.74. The summed E-state index contributed by atoms with van der Waals surface area (Å²) in [5.74, 6) is 1.47. The van der Waals surface area contributed by atoms with Crippen LogP contribution in [0.15, 0.2) is 57.7 Å². The molecule has 0 radical (unpaired) electrons. The van der Waals surface area contributed by atoms with Crippen LogP contribution in [0.2, 0.25) is 0 Å². The summed E-state index contributed by atoms with van der Waals surface area (Å²) in [6, 6.07) is 15.4. The van der Waals surface area contributed by atoms with Crippen LogP contribution in [-0.4, -0.2) is 45.3 Å². The van der Waals surface area contributed by atoms with E-state index < -0.39 is 5.63 Å². The molecule has 2 heterocycles. The van der Waals surface area contributed by atoms with Gasteiger partial charge in [0.1, 0.15) is 17.1 Å². The lowest BCUT2D eigenvalue weighted by molar-refractivity contribution is 0.249. The maximum Gasteiger partial charge on any atom is 0.339 e. The lowest BCUT2D eigenvalue weighted by Crippen LogP contribution is -2.46. The first-order chi connectivity index (χ1) is 13.7. The summed E-state index contributed by atoms with van der Waals surface area (Å²) >= 11 is 0. The zero-order valence-electron chi connectivity index (χ0n) is 16.2. The number of nitrogens with zero attached hydrogens (tertiary/aromatic N) is 2. The van der Waals surface area contributed by atoms with Gasteiger partial charge in [-0.3, -0.25) is 4.90 Å². The van der Waals surface area contributed by atoms with Gasteiger partial charge >= 0.3 is 5.63 Å². The van der Waals surface area contributed by atoms with E-state index in [1.165, 1.54) is 11.6 Å². The van der Waals surface area contributed by atoms with Crippen molar-refractivity contribution in [1.82, 2.24) is 4.90 Å². The van der Waals surface area contributed by atoms with Crippen LogP contribution >= 0.6 is 0 Å². The number of rotatable bonds is 5. The van der Waals surface area contributed by atoms with Gasteiger partial charge in [0.25, 0.3) is 0 Å².